The van der Waals surface area contributed by atoms with Crippen LogP contribution in [0.1, 0.15) is 63.0 Å². The largest absolute Gasteiger partial charge is 0.490 e. The van der Waals surface area contributed by atoms with E-state index >= 15 is 0 Å². The summed E-state index contributed by atoms with van der Waals surface area (Å²) in [6.45, 7) is 2.02. The van der Waals surface area contributed by atoms with E-state index in [1.165, 1.54) is 6.42 Å². The van der Waals surface area contributed by atoms with E-state index in [0.717, 1.165) is 57.1 Å². The van der Waals surface area contributed by atoms with Crippen molar-refractivity contribution < 1.29 is 32.7 Å². The van der Waals surface area contributed by atoms with Crippen LogP contribution in [0.25, 0.3) is 0 Å². The van der Waals surface area contributed by atoms with Gasteiger partial charge in [-0.05, 0) is 44.2 Å². The Morgan fingerprint density at radius 2 is 1.53 bits per heavy atom. The maximum atomic E-state index is 13.3. The van der Waals surface area contributed by atoms with Crippen molar-refractivity contribution in [2.45, 2.75) is 63.6 Å². The molecule has 198 valence electrons. The van der Waals surface area contributed by atoms with Gasteiger partial charge in [0.1, 0.15) is 0 Å². The zero-order valence-corrected chi connectivity index (χ0v) is 20.2. The maximum absolute atomic E-state index is 13.3. The quantitative estimate of drug-likeness (QED) is 0.430. The third-order valence-corrected chi connectivity index (χ3v) is 7.42. The smallest absolute Gasteiger partial charge is 0.475 e. The van der Waals surface area contributed by atoms with Gasteiger partial charge in [-0.3, -0.25) is 9.59 Å². The predicted molar refractivity (Wildman–Crippen MR) is 128 cm³/mol. The summed E-state index contributed by atoms with van der Waals surface area (Å²) in [6.07, 6.45) is 6.95. The Balaban J connectivity index is 0.000000454. The van der Waals surface area contributed by atoms with Crippen molar-refractivity contribution in [3.63, 3.8) is 0 Å². The highest BCUT2D eigenvalue weighted by molar-refractivity contribution is 5.85. The van der Waals surface area contributed by atoms with E-state index in [-0.39, 0.29) is 23.3 Å². The number of carbonyl (C=O) groups excluding carboxylic acids is 2. The second-order valence-corrected chi connectivity index (χ2v) is 9.88. The molecule has 1 aliphatic carbocycles. The van der Waals surface area contributed by atoms with E-state index in [0.29, 0.717) is 13.1 Å². The molecule has 1 aromatic carbocycles. The molecule has 0 aromatic heterocycles. The molecule has 2 heterocycles. The van der Waals surface area contributed by atoms with Crippen LogP contribution in [-0.4, -0.2) is 48.7 Å². The number of carboxylic acid groups (broad SMARTS) is 1. The van der Waals surface area contributed by atoms with Crippen LogP contribution >= 0.6 is 0 Å². The summed E-state index contributed by atoms with van der Waals surface area (Å²) in [7, 11) is 0. The minimum absolute atomic E-state index is 0.0863. The molecule has 4 N–H and O–H groups in total. The van der Waals surface area contributed by atoms with Crippen LogP contribution in [0, 0.1) is 10.8 Å². The van der Waals surface area contributed by atoms with Crippen LogP contribution < -0.4 is 16.0 Å². The van der Waals surface area contributed by atoms with Crippen LogP contribution in [0.2, 0.25) is 0 Å². The minimum atomic E-state index is -5.08. The molecule has 1 saturated carbocycles. The number of hydrogen-bond donors (Lipinski definition) is 4. The number of allylic oxidation sites excluding steroid dienone is 2. The lowest BCUT2D eigenvalue weighted by molar-refractivity contribution is -0.192. The number of alkyl halides is 3. The van der Waals surface area contributed by atoms with Crippen molar-refractivity contribution in [3.8, 4) is 0 Å². The van der Waals surface area contributed by atoms with Crippen molar-refractivity contribution in [3.05, 3.63) is 48.0 Å². The van der Waals surface area contributed by atoms with Crippen molar-refractivity contribution in [2.24, 2.45) is 10.8 Å². The van der Waals surface area contributed by atoms with Gasteiger partial charge in [0.25, 0.3) is 0 Å². The fourth-order valence-corrected chi connectivity index (χ4v) is 5.21. The summed E-state index contributed by atoms with van der Waals surface area (Å²) in [5, 5.41) is 17.0. The minimum Gasteiger partial charge on any atom is -0.475 e. The van der Waals surface area contributed by atoms with Crippen molar-refractivity contribution in [2.75, 3.05) is 19.6 Å². The fraction of sp³-hybridized carbons (Fsp3) is 0.577. The topological polar surface area (TPSA) is 108 Å². The molecule has 36 heavy (non-hydrogen) atoms. The average Bonchev–Trinajstić information content (AvgIpc) is 3.35. The monoisotopic (exact) mass is 509 g/mol. The lowest BCUT2D eigenvalue weighted by Crippen LogP contribution is -2.49. The summed E-state index contributed by atoms with van der Waals surface area (Å²) in [4.78, 5) is 35.5. The van der Waals surface area contributed by atoms with E-state index < -0.39 is 17.6 Å². The van der Waals surface area contributed by atoms with Gasteiger partial charge in [-0.2, -0.15) is 13.2 Å². The SMILES string of the molecule is O=C(O)C(F)(F)F.O=C1NCC(c2ccccc2)NC(=O)C2(C/C=C/CC13CCCCC3)CCNC2. The first-order valence-electron chi connectivity index (χ1n) is 12.4. The molecule has 0 bridgehead atoms. The molecule has 2 unspecified atom stereocenters. The normalized spacial score (nSPS) is 27.6. The molecular formula is C26H34F3N3O4. The molecule has 7 nitrogen and oxygen atoms in total. The highest BCUT2D eigenvalue weighted by Crippen LogP contribution is 2.41. The summed E-state index contributed by atoms with van der Waals surface area (Å²) in [5.41, 5.74) is 0.347. The first-order chi connectivity index (χ1) is 17.1. The number of halogens is 3. The van der Waals surface area contributed by atoms with Crippen molar-refractivity contribution in [1.82, 2.24) is 16.0 Å². The van der Waals surface area contributed by atoms with Crippen molar-refractivity contribution >= 4 is 17.8 Å². The molecule has 10 heteroatoms. The third-order valence-electron chi connectivity index (χ3n) is 7.42. The van der Waals surface area contributed by atoms with Gasteiger partial charge in [-0.1, -0.05) is 61.7 Å². The van der Waals surface area contributed by atoms with Crippen LogP contribution in [0.15, 0.2) is 42.5 Å². The summed E-state index contributed by atoms with van der Waals surface area (Å²) >= 11 is 0. The molecule has 4 rings (SSSR count). The van der Waals surface area contributed by atoms with Gasteiger partial charge >= 0.3 is 12.1 Å². The van der Waals surface area contributed by atoms with Gasteiger partial charge in [-0.15, -0.1) is 0 Å². The number of rotatable bonds is 1. The van der Waals surface area contributed by atoms with Gasteiger partial charge < -0.3 is 21.1 Å². The Kier molecular flexibility index (Phi) is 9.16. The fourth-order valence-electron chi connectivity index (χ4n) is 5.21. The van der Waals surface area contributed by atoms with Gasteiger partial charge in [-0.25, -0.2) is 4.79 Å². The predicted octanol–water partition coefficient (Wildman–Crippen LogP) is 3.87. The van der Waals surface area contributed by atoms with Crippen molar-refractivity contribution in [1.29, 1.82) is 0 Å². The lowest BCUT2D eigenvalue weighted by Gasteiger charge is -2.36. The van der Waals surface area contributed by atoms with E-state index in [2.05, 4.69) is 28.1 Å². The molecule has 2 amide bonds. The maximum Gasteiger partial charge on any atom is 0.490 e. The zero-order valence-electron chi connectivity index (χ0n) is 20.2. The Labute approximate surface area is 208 Å². The summed E-state index contributed by atoms with van der Waals surface area (Å²) < 4.78 is 31.7. The van der Waals surface area contributed by atoms with Gasteiger partial charge in [0.05, 0.1) is 16.9 Å². The van der Waals surface area contributed by atoms with E-state index in [9.17, 15) is 22.8 Å². The Bertz CT molecular complexity index is 938. The zero-order chi connectivity index (χ0) is 26.2. The van der Waals surface area contributed by atoms with Crippen LogP contribution in [-0.2, 0) is 14.4 Å². The van der Waals surface area contributed by atoms with Gasteiger partial charge in [0.2, 0.25) is 11.8 Å². The molecule has 2 aliphatic heterocycles. The Morgan fingerprint density at radius 1 is 0.917 bits per heavy atom. The molecule has 1 saturated heterocycles. The molecular weight excluding hydrogens is 475 g/mol. The Morgan fingerprint density at radius 3 is 2.08 bits per heavy atom. The summed E-state index contributed by atoms with van der Waals surface area (Å²) in [5.74, 6) is -2.52. The summed E-state index contributed by atoms with van der Waals surface area (Å²) in [6, 6.07) is 9.78. The van der Waals surface area contributed by atoms with Crippen LogP contribution in [0.4, 0.5) is 13.2 Å². The molecule has 2 fully saturated rings. The molecule has 3 aliphatic rings. The number of carboxylic acids is 1. The van der Waals surface area contributed by atoms with Gasteiger partial charge in [0.15, 0.2) is 0 Å². The number of amides is 2. The number of carbonyl (C=O) groups is 3. The van der Waals surface area contributed by atoms with Gasteiger partial charge in [0, 0.05) is 13.1 Å². The molecule has 2 spiro atoms. The molecule has 0 radical (unpaired) electrons. The Hall–Kier alpha value is -2.88. The molecule has 1 aromatic rings. The highest BCUT2D eigenvalue weighted by Gasteiger charge is 2.43. The van der Waals surface area contributed by atoms with Crippen LogP contribution in [0.5, 0.6) is 0 Å². The van der Waals surface area contributed by atoms with E-state index in [4.69, 9.17) is 9.90 Å². The molecule has 2 atom stereocenters. The van der Waals surface area contributed by atoms with E-state index in [1.54, 1.807) is 0 Å². The second-order valence-electron chi connectivity index (χ2n) is 9.88. The number of nitrogens with one attached hydrogen (secondary N) is 3. The number of aliphatic carboxylic acids is 1. The standard InChI is InChI=1S/C24H33N3O2.C2HF3O2/c28-21-23(11-5-2-6-12-23)13-7-8-14-24(15-16-25-18-24)22(29)27-20(17-26-21)19-9-3-1-4-10-19;3-2(4,5)1(6)7/h1,3-4,7-10,20,25H,2,5-6,11-18H2,(H,26,28)(H,27,29);(H,6,7)/b8-7+;. The second kappa shape index (κ2) is 11.9. The number of hydrogen-bond acceptors (Lipinski definition) is 4. The first-order valence-corrected chi connectivity index (χ1v) is 12.4. The number of benzene rings is 1. The third kappa shape index (κ3) is 6.87. The average molecular weight is 510 g/mol. The van der Waals surface area contributed by atoms with Crippen LogP contribution in [0.3, 0.4) is 0 Å². The first kappa shape index (κ1) is 27.7. The van der Waals surface area contributed by atoms with E-state index in [1.807, 2.05) is 30.3 Å². The highest BCUT2D eigenvalue weighted by atomic mass is 19.4. The lowest BCUT2D eigenvalue weighted by atomic mass is 9.70.